The molecule has 6 nitrogen and oxygen atoms in total. The van der Waals surface area contributed by atoms with Crippen molar-refractivity contribution in [3.8, 4) is 6.07 Å². The molecule has 0 saturated heterocycles. The summed E-state index contributed by atoms with van der Waals surface area (Å²) in [6, 6.07) is 1.48. The summed E-state index contributed by atoms with van der Waals surface area (Å²) in [5.74, 6) is -1.39. The van der Waals surface area contributed by atoms with E-state index in [9.17, 15) is 13.2 Å². The molecule has 0 aliphatic rings. The molecule has 0 aromatic rings. The summed E-state index contributed by atoms with van der Waals surface area (Å²) in [4.78, 5) is 10.3. The van der Waals surface area contributed by atoms with Gasteiger partial charge in [-0.3, -0.25) is 4.79 Å². The lowest BCUT2D eigenvalue weighted by Crippen LogP contribution is -2.36. The number of amides is 1. The van der Waals surface area contributed by atoms with Gasteiger partial charge >= 0.3 is 0 Å². The maximum Gasteiger partial charge on any atom is 0.232 e. The average molecular weight is 191 g/mol. The summed E-state index contributed by atoms with van der Waals surface area (Å²) in [6.07, 6.45) is 0. The first kappa shape index (κ1) is 10.9. The highest BCUT2D eigenvalue weighted by Gasteiger charge is 2.18. The molecular formula is C5H9N3O3S. The summed E-state index contributed by atoms with van der Waals surface area (Å²) in [7, 11) is -2.44. The van der Waals surface area contributed by atoms with Gasteiger partial charge in [0.2, 0.25) is 15.9 Å². The van der Waals surface area contributed by atoms with Gasteiger partial charge in [0.15, 0.2) is 5.75 Å². The van der Waals surface area contributed by atoms with Crippen molar-refractivity contribution in [1.29, 1.82) is 5.26 Å². The van der Waals surface area contributed by atoms with E-state index in [1.54, 1.807) is 0 Å². The van der Waals surface area contributed by atoms with Crippen LogP contribution in [0.15, 0.2) is 0 Å². The minimum Gasteiger partial charge on any atom is -0.369 e. The number of primary amides is 1. The van der Waals surface area contributed by atoms with E-state index in [-0.39, 0.29) is 0 Å². The van der Waals surface area contributed by atoms with E-state index < -0.39 is 28.2 Å². The zero-order chi connectivity index (χ0) is 9.78. The molecule has 0 rings (SSSR count). The van der Waals surface area contributed by atoms with Gasteiger partial charge in [-0.25, -0.2) is 8.42 Å². The van der Waals surface area contributed by atoms with Crippen molar-refractivity contribution in [2.24, 2.45) is 5.73 Å². The zero-order valence-electron chi connectivity index (χ0n) is 6.52. The quantitative estimate of drug-likeness (QED) is 0.569. The number of carbonyl (C=O) groups is 1. The predicted octanol–water partition coefficient (Wildman–Crippen LogP) is -1.74. The second-order valence-corrected chi connectivity index (χ2v) is 4.21. The Morgan fingerprint density at radius 3 is 2.50 bits per heavy atom. The molecule has 0 heterocycles. The molecule has 0 bridgehead atoms. The van der Waals surface area contributed by atoms with E-state index in [0.717, 1.165) is 4.31 Å². The van der Waals surface area contributed by atoms with Crippen LogP contribution in [0.1, 0.15) is 0 Å². The Labute approximate surface area is 70.6 Å². The van der Waals surface area contributed by atoms with Crippen molar-refractivity contribution in [2.75, 3.05) is 19.3 Å². The summed E-state index contributed by atoms with van der Waals surface area (Å²) in [5.41, 5.74) is 4.76. The SMILES string of the molecule is CN(CC(N)=O)S(=O)(=O)CC#N. The molecule has 68 valence electrons. The van der Waals surface area contributed by atoms with Gasteiger partial charge in [-0.2, -0.15) is 9.57 Å². The second kappa shape index (κ2) is 4.04. The summed E-state index contributed by atoms with van der Waals surface area (Å²) in [6.45, 7) is -0.399. The number of nitrogens with zero attached hydrogens (tertiary/aromatic N) is 2. The number of likely N-dealkylation sites (N-methyl/N-ethyl adjacent to an activating group) is 1. The minimum atomic E-state index is -3.63. The molecule has 0 atom stereocenters. The van der Waals surface area contributed by atoms with Crippen molar-refractivity contribution in [3.63, 3.8) is 0 Å². The van der Waals surface area contributed by atoms with E-state index in [1.165, 1.54) is 13.1 Å². The summed E-state index contributed by atoms with van der Waals surface area (Å²) in [5, 5.41) is 8.11. The normalized spacial score (nSPS) is 11.1. The lowest BCUT2D eigenvalue weighted by molar-refractivity contribution is -0.118. The van der Waals surface area contributed by atoms with Gasteiger partial charge in [0.25, 0.3) is 0 Å². The topological polar surface area (TPSA) is 104 Å². The maximum atomic E-state index is 11.0. The molecule has 0 radical (unpaired) electrons. The Hall–Kier alpha value is -1.13. The van der Waals surface area contributed by atoms with E-state index in [0.29, 0.717) is 0 Å². The highest BCUT2D eigenvalue weighted by molar-refractivity contribution is 7.89. The molecular weight excluding hydrogens is 182 g/mol. The first-order chi connectivity index (χ1) is 5.40. The van der Waals surface area contributed by atoms with Crippen LogP contribution in [0.5, 0.6) is 0 Å². The number of sulfonamides is 1. The molecule has 0 saturated carbocycles. The smallest absolute Gasteiger partial charge is 0.232 e. The fraction of sp³-hybridized carbons (Fsp3) is 0.600. The van der Waals surface area contributed by atoms with Gasteiger partial charge in [0.1, 0.15) is 0 Å². The van der Waals surface area contributed by atoms with Crippen LogP contribution in [0, 0.1) is 11.3 Å². The van der Waals surface area contributed by atoms with Crippen LogP contribution in [0.2, 0.25) is 0 Å². The Morgan fingerprint density at radius 2 is 2.17 bits per heavy atom. The molecule has 7 heteroatoms. The molecule has 0 fully saturated rings. The Kier molecular flexibility index (Phi) is 3.66. The number of rotatable bonds is 4. The molecule has 0 unspecified atom stereocenters. The number of hydrogen-bond acceptors (Lipinski definition) is 4. The molecule has 12 heavy (non-hydrogen) atoms. The maximum absolute atomic E-state index is 11.0. The van der Waals surface area contributed by atoms with Gasteiger partial charge in [0, 0.05) is 7.05 Å². The van der Waals surface area contributed by atoms with Crippen LogP contribution in [-0.2, 0) is 14.8 Å². The number of carbonyl (C=O) groups excluding carboxylic acids is 1. The van der Waals surface area contributed by atoms with Gasteiger partial charge < -0.3 is 5.73 Å². The highest BCUT2D eigenvalue weighted by atomic mass is 32.2. The molecule has 0 aliphatic heterocycles. The van der Waals surface area contributed by atoms with Crippen molar-refractivity contribution in [1.82, 2.24) is 4.31 Å². The second-order valence-electron chi connectivity index (χ2n) is 2.14. The molecule has 1 amide bonds. The van der Waals surface area contributed by atoms with E-state index >= 15 is 0 Å². The monoisotopic (exact) mass is 191 g/mol. The van der Waals surface area contributed by atoms with Crippen molar-refractivity contribution in [3.05, 3.63) is 0 Å². The van der Waals surface area contributed by atoms with Gasteiger partial charge in [-0.05, 0) is 0 Å². The fourth-order valence-electron chi connectivity index (χ4n) is 0.510. The van der Waals surface area contributed by atoms with E-state index in [2.05, 4.69) is 0 Å². The lowest BCUT2D eigenvalue weighted by Gasteiger charge is -2.11. The number of hydrogen-bond donors (Lipinski definition) is 1. The Balaban J connectivity index is 4.39. The standard InChI is InChI=1S/C5H9N3O3S/c1-8(4-5(7)9)12(10,11)3-2-6/h3-4H2,1H3,(H2,7,9). The third-order valence-electron chi connectivity index (χ3n) is 1.10. The van der Waals surface area contributed by atoms with Crippen molar-refractivity contribution >= 4 is 15.9 Å². The third kappa shape index (κ3) is 3.32. The van der Waals surface area contributed by atoms with Gasteiger partial charge in [0.05, 0.1) is 12.6 Å². The molecule has 0 aromatic carbocycles. The van der Waals surface area contributed by atoms with E-state index in [1.807, 2.05) is 0 Å². The zero-order valence-corrected chi connectivity index (χ0v) is 7.34. The Morgan fingerprint density at radius 1 is 1.67 bits per heavy atom. The van der Waals surface area contributed by atoms with Crippen molar-refractivity contribution in [2.45, 2.75) is 0 Å². The van der Waals surface area contributed by atoms with Crippen LogP contribution >= 0.6 is 0 Å². The number of nitriles is 1. The molecule has 0 spiro atoms. The van der Waals surface area contributed by atoms with Crippen LogP contribution in [0.4, 0.5) is 0 Å². The van der Waals surface area contributed by atoms with E-state index in [4.69, 9.17) is 11.0 Å². The highest BCUT2D eigenvalue weighted by Crippen LogP contribution is 1.95. The average Bonchev–Trinajstić information content (AvgIpc) is 1.85. The van der Waals surface area contributed by atoms with Crippen molar-refractivity contribution < 1.29 is 13.2 Å². The molecule has 0 aromatic heterocycles. The molecule has 2 N–H and O–H groups in total. The number of nitrogens with two attached hydrogens (primary N) is 1. The summed E-state index contributed by atoms with van der Waals surface area (Å²) < 4.78 is 22.7. The van der Waals surface area contributed by atoms with Crippen LogP contribution in [-0.4, -0.2) is 38.0 Å². The fourth-order valence-corrected chi connectivity index (χ4v) is 1.22. The summed E-state index contributed by atoms with van der Waals surface area (Å²) >= 11 is 0. The predicted molar refractivity (Wildman–Crippen MR) is 41.2 cm³/mol. The third-order valence-corrected chi connectivity index (χ3v) is 2.67. The molecule has 0 aliphatic carbocycles. The minimum absolute atomic E-state index is 0.399. The van der Waals surface area contributed by atoms with Crippen LogP contribution in [0.25, 0.3) is 0 Å². The van der Waals surface area contributed by atoms with Gasteiger partial charge in [-0.15, -0.1) is 0 Å². The largest absolute Gasteiger partial charge is 0.369 e. The Bertz CT molecular complexity index is 302. The lowest BCUT2D eigenvalue weighted by atomic mass is 10.6. The first-order valence-electron chi connectivity index (χ1n) is 2.99. The van der Waals surface area contributed by atoms with Gasteiger partial charge in [-0.1, -0.05) is 0 Å². The van der Waals surface area contributed by atoms with Crippen LogP contribution in [0.3, 0.4) is 0 Å². The van der Waals surface area contributed by atoms with Crippen LogP contribution < -0.4 is 5.73 Å². The first-order valence-corrected chi connectivity index (χ1v) is 4.60.